The molecule has 2 heterocycles. The number of nitrogens with zero attached hydrogens (tertiary/aromatic N) is 3. The molecule has 1 aliphatic heterocycles. The zero-order valence-electron chi connectivity index (χ0n) is 16.4. The van der Waals surface area contributed by atoms with Crippen molar-refractivity contribution in [3.8, 4) is 5.75 Å². The Kier molecular flexibility index (Phi) is 7.26. The molecule has 0 atom stereocenters. The Morgan fingerprint density at radius 1 is 1.10 bits per heavy atom. The molecule has 1 fully saturated rings. The quantitative estimate of drug-likeness (QED) is 0.686. The van der Waals surface area contributed by atoms with Crippen molar-refractivity contribution in [3.05, 3.63) is 48.2 Å². The lowest BCUT2D eigenvalue weighted by Crippen LogP contribution is -2.36. The fourth-order valence-electron chi connectivity index (χ4n) is 3.26. The van der Waals surface area contributed by atoms with Crippen molar-refractivity contribution in [2.24, 2.45) is 0 Å². The van der Waals surface area contributed by atoms with E-state index in [0.717, 1.165) is 12.3 Å². The van der Waals surface area contributed by atoms with Crippen LogP contribution in [-0.4, -0.2) is 55.1 Å². The molecule has 0 aliphatic carbocycles. The van der Waals surface area contributed by atoms with Gasteiger partial charge in [0.2, 0.25) is 5.91 Å². The first-order chi connectivity index (χ1) is 14.7. The van der Waals surface area contributed by atoms with Crippen LogP contribution in [0.25, 0.3) is 0 Å². The average Bonchev–Trinajstić information content (AvgIpc) is 2.94. The molecule has 3 rings (SSSR count). The van der Waals surface area contributed by atoms with Gasteiger partial charge in [0, 0.05) is 32.4 Å². The number of anilines is 2. The zero-order chi connectivity index (χ0) is 22.4. The van der Waals surface area contributed by atoms with E-state index < -0.39 is 18.4 Å². The maximum Gasteiger partial charge on any atom is 0.417 e. The number of pyridine rings is 1. The second-order valence-corrected chi connectivity index (χ2v) is 6.94. The monoisotopic (exact) mass is 444 g/mol. The lowest BCUT2D eigenvalue weighted by atomic mass is 10.2. The van der Waals surface area contributed by atoms with Crippen molar-refractivity contribution in [1.82, 2.24) is 9.88 Å². The number of rotatable bonds is 6. The number of carbonyl (C=O) groups excluding carboxylic acids is 1. The number of ether oxygens (including phenoxy) is 1. The second kappa shape index (κ2) is 9.90. The Labute approximate surface area is 175 Å². The van der Waals surface area contributed by atoms with Crippen LogP contribution in [0, 0.1) is 0 Å². The van der Waals surface area contributed by atoms with E-state index in [9.17, 15) is 26.7 Å². The lowest BCUT2D eigenvalue weighted by Gasteiger charge is -2.23. The first-order valence-electron chi connectivity index (χ1n) is 9.56. The highest BCUT2D eigenvalue weighted by atomic mass is 19.4. The summed E-state index contributed by atoms with van der Waals surface area (Å²) in [6.45, 7) is -0.811. The van der Waals surface area contributed by atoms with E-state index in [0.29, 0.717) is 38.4 Å². The number of carbonyl (C=O) groups is 1. The number of benzene rings is 1. The van der Waals surface area contributed by atoms with Crippen LogP contribution in [0.4, 0.5) is 33.5 Å². The summed E-state index contributed by atoms with van der Waals surface area (Å²) >= 11 is 0. The molecule has 1 aliphatic rings. The van der Waals surface area contributed by atoms with Crippen LogP contribution in [0.5, 0.6) is 5.75 Å². The smallest absolute Gasteiger partial charge is 0.417 e. The van der Waals surface area contributed by atoms with Crippen LogP contribution >= 0.6 is 0 Å². The molecule has 1 aromatic carbocycles. The third-order valence-corrected chi connectivity index (χ3v) is 4.73. The van der Waals surface area contributed by atoms with Crippen LogP contribution in [0.15, 0.2) is 42.6 Å². The Morgan fingerprint density at radius 2 is 1.87 bits per heavy atom. The van der Waals surface area contributed by atoms with E-state index in [4.69, 9.17) is 0 Å². The van der Waals surface area contributed by atoms with Crippen LogP contribution in [0.3, 0.4) is 0 Å². The summed E-state index contributed by atoms with van der Waals surface area (Å²) < 4.78 is 67.5. The maximum atomic E-state index is 12.7. The lowest BCUT2D eigenvalue weighted by molar-refractivity contribution is -0.137. The molecule has 1 saturated heterocycles. The second-order valence-electron chi connectivity index (χ2n) is 6.94. The number of hydrogen-bond donors (Lipinski definition) is 1. The van der Waals surface area contributed by atoms with Crippen molar-refractivity contribution in [3.63, 3.8) is 0 Å². The Morgan fingerprint density at radius 3 is 2.55 bits per heavy atom. The molecule has 6 nitrogen and oxygen atoms in total. The van der Waals surface area contributed by atoms with Crippen LogP contribution in [0.2, 0.25) is 0 Å². The number of para-hydroxylation sites is 2. The molecule has 1 N–H and O–H groups in total. The molecule has 168 valence electrons. The molecule has 0 radical (unpaired) electrons. The van der Waals surface area contributed by atoms with Gasteiger partial charge < -0.3 is 15.0 Å². The predicted molar refractivity (Wildman–Crippen MR) is 104 cm³/mol. The normalized spacial score (nSPS) is 15.6. The molecule has 0 spiro atoms. The van der Waals surface area contributed by atoms with E-state index in [-0.39, 0.29) is 23.9 Å². The number of alkyl halides is 5. The van der Waals surface area contributed by atoms with Gasteiger partial charge in [-0.3, -0.25) is 9.69 Å². The van der Waals surface area contributed by atoms with Crippen molar-refractivity contribution in [2.45, 2.75) is 19.2 Å². The van der Waals surface area contributed by atoms with Gasteiger partial charge in [0.1, 0.15) is 11.6 Å². The first-order valence-corrected chi connectivity index (χ1v) is 9.56. The minimum atomic E-state index is -4.44. The average molecular weight is 444 g/mol. The van der Waals surface area contributed by atoms with Crippen LogP contribution < -0.4 is 15.0 Å². The first kappa shape index (κ1) is 22.7. The van der Waals surface area contributed by atoms with E-state index in [1.165, 1.54) is 24.3 Å². The molecule has 31 heavy (non-hydrogen) atoms. The molecular weight excluding hydrogens is 423 g/mol. The summed E-state index contributed by atoms with van der Waals surface area (Å²) in [4.78, 5) is 20.1. The summed E-state index contributed by atoms with van der Waals surface area (Å²) in [6.07, 6.45) is -2.95. The Bertz CT molecular complexity index is 877. The summed E-state index contributed by atoms with van der Waals surface area (Å²) in [5.41, 5.74) is -0.654. The fraction of sp³-hybridized carbons (Fsp3) is 0.400. The SMILES string of the molecule is O=C(CN1CCCN(c2ccc(C(F)(F)F)cn2)CC1)Nc1ccccc1OC(F)F. The van der Waals surface area contributed by atoms with E-state index in [2.05, 4.69) is 15.0 Å². The van der Waals surface area contributed by atoms with Gasteiger partial charge in [0.05, 0.1) is 17.8 Å². The van der Waals surface area contributed by atoms with Gasteiger partial charge in [0.15, 0.2) is 0 Å². The highest BCUT2D eigenvalue weighted by molar-refractivity contribution is 5.93. The number of nitrogens with one attached hydrogen (secondary N) is 1. The van der Waals surface area contributed by atoms with Gasteiger partial charge in [-0.25, -0.2) is 4.98 Å². The van der Waals surface area contributed by atoms with Gasteiger partial charge in [-0.1, -0.05) is 12.1 Å². The van der Waals surface area contributed by atoms with Crippen molar-refractivity contribution >= 4 is 17.4 Å². The molecular formula is C20H21F5N4O2. The van der Waals surface area contributed by atoms with Crippen molar-refractivity contribution in [2.75, 3.05) is 42.9 Å². The van der Waals surface area contributed by atoms with Gasteiger partial charge in [-0.2, -0.15) is 22.0 Å². The van der Waals surface area contributed by atoms with Crippen molar-refractivity contribution in [1.29, 1.82) is 0 Å². The Hall–Kier alpha value is -2.95. The minimum Gasteiger partial charge on any atom is -0.433 e. The maximum absolute atomic E-state index is 12.7. The molecule has 0 unspecified atom stereocenters. The van der Waals surface area contributed by atoms with E-state index in [1.54, 1.807) is 6.07 Å². The van der Waals surface area contributed by atoms with Gasteiger partial charge in [-0.15, -0.1) is 0 Å². The third-order valence-electron chi connectivity index (χ3n) is 4.73. The van der Waals surface area contributed by atoms with Crippen LogP contribution in [-0.2, 0) is 11.0 Å². The number of aromatic nitrogens is 1. The number of halogens is 5. The largest absolute Gasteiger partial charge is 0.433 e. The molecule has 1 amide bonds. The number of hydrogen-bond acceptors (Lipinski definition) is 5. The molecule has 0 saturated carbocycles. The fourth-order valence-corrected chi connectivity index (χ4v) is 3.26. The minimum absolute atomic E-state index is 0.0390. The van der Waals surface area contributed by atoms with Crippen molar-refractivity contribution < 1.29 is 31.5 Å². The zero-order valence-corrected chi connectivity index (χ0v) is 16.4. The topological polar surface area (TPSA) is 57.7 Å². The van der Waals surface area contributed by atoms with Crippen LogP contribution in [0.1, 0.15) is 12.0 Å². The molecule has 11 heteroatoms. The molecule has 1 aromatic heterocycles. The standard InChI is InChI=1S/C20H21F5N4O2/c21-19(22)31-16-5-2-1-4-15(16)27-18(30)13-28-8-3-9-29(11-10-28)17-7-6-14(12-26-17)20(23,24)25/h1-2,4-7,12,19H,3,8-11,13H2,(H,27,30). The van der Waals surface area contributed by atoms with E-state index >= 15 is 0 Å². The molecule has 0 bridgehead atoms. The summed E-state index contributed by atoms with van der Waals surface area (Å²) in [7, 11) is 0. The van der Waals surface area contributed by atoms with Gasteiger partial charge in [0.25, 0.3) is 0 Å². The number of amides is 1. The third kappa shape index (κ3) is 6.51. The summed E-state index contributed by atoms with van der Waals surface area (Å²) in [5.74, 6) is -0.0648. The highest BCUT2D eigenvalue weighted by Crippen LogP contribution is 2.29. The predicted octanol–water partition coefficient (Wildman–Crippen LogP) is 3.85. The molecule has 2 aromatic rings. The van der Waals surface area contributed by atoms with Gasteiger partial charge >= 0.3 is 12.8 Å². The van der Waals surface area contributed by atoms with Gasteiger partial charge in [-0.05, 0) is 30.7 Å². The summed E-state index contributed by atoms with van der Waals surface area (Å²) in [6, 6.07) is 8.25. The summed E-state index contributed by atoms with van der Waals surface area (Å²) in [5, 5.41) is 2.58. The highest BCUT2D eigenvalue weighted by Gasteiger charge is 2.31. The Balaban J connectivity index is 1.55. The van der Waals surface area contributed by atoms with E-state index in [1.807, 2.05) is 9.80 Å².